The van der Waals surface area contributed by atoms with Crippen LogP contribution in [0.4, 0.5) is 14.6 Å². The average Bonchev–Trinajstić information content (AvgIpc) is 2.62. The molecule has 2 aromatic rings. The molecule has 0 N–H and O–H groups in total. The monoisotopic (exact) mass is 403 g/mol. The molecule has 0 amide bonds. The van der Waals surface area contributed by atoms with E-state index < -0.39 is 16.6 Å². The Labute approximate surface area is 155 Å². The van der Waals surface area contributed by atoms with Crippen molar-refractivity contribution >= 4 is 27.4 Å². The van der Waals surface area contributed by atoms with Gasteiger partial charge in [0, 0.05) is 26.2 Å². The van der Waals surface area contributed by atoms with Crippen molar-refractivity contribution in [1.29, 1.82) is 0 Å². The first kappa shape index (κ1) is 18.8. The molecule has 1 fully saturated rings. The number of benzene rings is 1. The molecule has 0 aliphatic carbocycles. The Kier molecular flexibility index (Phi) is 5.59. The Hall–Kier alpha value is -1.97. The van der Waals surface area contributed by atoms with Gasteiger partial charge in [0.15, 0.2) is 0 Å². The molecule has 0 spiro atoms. The lowest BCUT2D eigenvalue weighted by Crippen LogP contribution is -2.48. The Balaban J connectivity index is 1.66. The molecule has 0 saturated carbocycles. The van der Waals surface area contributed by atoms with Crippen molar-refractivity contribution in [2.24, 2.45) is 0 Å². The van der Waals surface area contributed by atoms with Crippen LogP contribution in [0.3, 0.4) is 0 Å². The van der Waals surface area contributed by atoms with Crippen LogP contribution in [0.25, 0.3) is 0 Å². The zero-order chi connectivity index (χ0) is 18.7. The summed E-state index contributed by atoms with van der Waals surface area (Å²) in [5, 5.41) is 0.186. The summed E-state index contributed by atoms with van der Waals surface area (Å²) in [4.78, 5) is 6.06. The molecular formula is C16H16ClF2N3O3S. The van der Waals surface area contributed by atoms with E-state index in [9.17, 15) is 17.2 Å². The highest BCUT2D eigenvalue weighted by Crippen LogP contribution is 2.26. The van der Waals surface area contributed by atoms with Gasteiger partial charge in [-0.05, 0) is 24.3 Å². The fourth-order valence-electron chi connectivity index (χ4n) is 2.68. The van der Waals surface area contributed by atoms with E-state index in [2.05, 4.69) is 9.72 Å². The maximum atomic E-state index is 12.7. The summed E-state index contributed by atoms with van der Waals surface area (Å²) in [6.07, 6.45) is 1.22. The number of anilines is 1. The Morgan fingerprint density at radius 1 is 1.08 bits per heavy atom. The number of hydrogen-bond acceptors (Lipinski definition) is 5. The SMILES string of the molecule is O=S(=O)(c1ccccc1Cl)N1CCN(c2ccc(OC(F)F)cn2)CC1. The van der Waals surface area contributed by atoms with Crippen LogP contribution in [0.15, 0.2) is 47.5 Å². The summed E-state index contributed by atoms with van der Waals surface area (Å²) >= 11 is 6.01. The second-order valence-electron chi connectivity index (χ2n) is 5.55. The van der Waals surface area contributed by atoms with Crippen molar-refractivity contribution in [2.45, 2.75) is 11.5 Å². The number of rotatable bonds is 5. The van der Waals surface area contributed by atoms with E-state index in [0.29, 0.717) is 18.9 Å². The van der Waals surface area contributed by atoms with E-state index in [1.807, 2.05) is 4.90 Å². The van der Waals surface area contributed by atoms with E-state index in [4.69, 9.17) is 11.6 Å². The van der Waals surface area contributed by atoms with Crippen molar-refractivity contribution in [3.8, 4) is 5.75 Å². The molecule has 10 heteroatoms. The molecule has 1 saturated heterocycles. The molecule has 1 aliphatic heterocycles. The highest BCUT2D eigenvalue weighted by molar-refractivity contribution is 7.89. The van der Waals surface area contributed by atoms with Crippen LogP contribution in [0.1, 0.15) is 0 Å². The van der Waals surface area contributed by atoms with Crippen LogP contribution < -0.4 is 9.64 Å². The summed E-state index contributed by atoms with van der Waals surface area (Å²) in [5.74, 6) is 0.546. The van der Waals surface area contributed by atoms with E-state index in [1.54, 1.807) is 18.2 Å². The number of ether oxygens (including phenoxy) is 1. The molecule has 1 aromatic carbocycles. The van der Waals surface area contributed by atoms with Gasteiger partial charge in [0.1, 0.15) is 16.5 Å². The van der Waals surface area contributed by atoms with Gasteiger partial charge in [-0.25, -0.2) is 13.4 Å². The van der Waals surface area contributed by atoms with Crippen LogP contribution in [0.2, 0.25) is 5.02 Å². The first-order valence-electron chi connectivity index (χ1n) is 7.78. The number of halogens is 3. The zero-order valence-electron chi connectivity index (χ0n) is 13.6. The van der Waals surface area contributed by atoms with Crippen LogP contribution in [-0.4, -0.2) is 50.5 Å². The first-order valence-corrected chi connectivity index (χ1v) is 9.60. The minimum absolute atomic E-state index is 0.0244. The maximum absolute atomic E-state index is 12.7. The largest absolute Gasteiger partial charge is 0.433 e. The third-order valence-corrected chi connectivity index (χ3v) is 6.36. The Morgan fingerprint density at radius 3 is 2.35 bits per heavy atom. The topological polar surface area (TPSA) is 62.7 Å². The number of sulfonamides is 1. The van der Waals surface area contributed by atoms with Gasteiger partial charge < -0.3 is 9.64 Å². The smallest absolute Gasteiger partial charge is 0.387 e. The number of pyridine rings is 1. The fraction of sp³-hybridized carbons (Fsp3) is 0.312. The highest BCUT2D eigenvalue weighted by Gasteiger charge is 2.30. The number of nitrogens with zero attached hydrogens (tertiary/aromatic N) is 3. The van der Waals surface area contributed by atoms with E-state index in [-0.39, 0.29) is 28.8 Å². The van der Waals surface area contributed by atoms with Crippen molar-refractivity contribution in [2.75, 3.05) is 31.1 Å². The van der Waals surface area contributed by atoms with Gasteiger partial charge in [-0.3, -0.25) is 0 Å². The molecule has 26 heavy (non-hydrogen) atoms. The minimum atomic E-state index is -3.67. The lowest BCUT2D eigenvalue weighted by Gasteiger charge is -2.34. The van der Waals surface area contributed by atoms with Crippen molar-refractivity contribution < 1.29 is 21.9 Å². The van der Waals surface area contributed by atoms with Crippen molar-refractivity contribution in [3.63, 3.8) is 0 Å². The van der Waals surface area contributed by atoms with Gasteiger partial charge in [0.2, 0.25) is 10.0 Å². The molecule has 1 aromatic heterocycles. The van der Waals surface area contributed by atoms with Gasteiger partial charge in [0.25, 0.3) is 0 Å². The second kappa shape index (κ2) is 7.73. The first-order chi connectivity index (χ1) is 12.4. The third-order valence-electron chi connectivity index (χ3n) is 3.96. The minimum Gasteiger partial charge on any atom is -0.433 e. The molecule has 3 rings (SSSR count). The van der Waals surface area contributed by atoms with Crippen LogP contribution in [-0.2, 0) is 10.0 Å². The van der Waals surface area contributed by atoms with Crippen LogP contribution in [0.5, 0.6) is 5.75 Å². The van der Waals surface area contributed by atoms with E-state index in [1.165, 1.54) is 28.7 Å². The van der Waals surface area contributed by atoms with Gasteiger partial charge in [-0.1, -0.05) is 23.7 Å². The maximum Gasteiger partial charge on any atom is 0.387 e. The predicted molar refractivity (Wildman–Crippen MR) is 93.3 cm³/mol. The Morgan fingerprint density at radius 2 is 1.77 bits per heavy atom. The quantitative estimate of drug-likeness (QED) is 0.768. The normalized spacial score (nSPS) is 16.1. The molecule has 0 atom stereocenters. The van der Waals surface area contributed by atoms with Crippen LogP contribution >= 0.6 is 11.6 Å². The number of alkyl halides is 2. The summed E-state index contributed by atoms with van der Waals surface area (Å²) < 4.78 is 55.4. The molecule has 1 aliphatic rings. The molecule has 0 bridgehead atoms. The van der Waals surface area contributed by atoms with E-state index in [0.717, 1.165) is 0 Å². The number of aromatic nitrogens is 1. The Bertz CT molecular complexity index is 857. The summed E-state index contributed by atoms with van der Waals surface area (Å²) in [6, 6.07) is 9.29. The van der Waals surface area contributed by atoms with Crippen molar-refractivity contribution in [1.82, 2.24) is 9.29 Å². The highest BCUT2D eigenvalue weighted by atomic mass is 35.5. The predicted octanol–water partition coefficient (Wildman–Crippen LogP) is 2.85. The average molecular weight is 404 g/mol. The number of hydrogen-bond donors (Lipinski definition) is 0. The zero-order valence-corrected chi connectivity index (χ0v) is 15.1. The van der Waals surface area contributed by atoms with Crippen molar-refractivity contribution in [3.05, 3.63) is 47.6 Å². The molecule has 6 nitrogen and oxygen atoms in total. The van der Waals surface area contributed by atoms with Crippen LogP contribution in [0, 0.1) is 0 Å². The molecule has 2 heterocycles. The standard InChI is InChI=1S/C16H16ClF2N3O3S/c17-13-3-1-2-4-14(13)26(23,24)22-9-7-21(8-10-22)15-6-5-12(11-20-15)25-16(18)19/h1-6,11,16H,7-10H2. The molecule has 0 radical (unpaired) electrons. The number of piperazine rings is 1. The summed E-state index contributed by atoms with van der Waals surface area (Å²) in [6.45, 7) is -1.52. The third kappa shape index (κ3) is 4.05. The summed E-state index contributed by atoms with van der Waals surface area (Å²) in [7, 11) is -3.67. The van der Waals surface area contributed by atoms with Gasteiger partial charge >= 0.3 is 6.61 Å². The van der Waals surface area contributed by atoms with Gasteiger partial charge in [0.05, 0.1) is 11.2 Å². The van der Waals surface area contributed by atoms with Gasteiger partial charge in [-0.2, -0.15) is 13.1 Å². The lowest BCUT2D eigenvalue weighted by molar-refractivity contribution is -0.0500. The van der Waals surface area contributed by atoms with E-state index >= 15 is 0 Å². The molecular weight excluding hydrogens is 388 g/mol. The lowest BCUT2D eigenvalue weighted by atomic mass is 10.3. The fourth-order valence-corrected chi connectivity index (χ4v) is 4.60. The van der Waals surface area contributed by atoms with Gasteiger partial charge in [-0.15, -0.1) is 0 Å². The molecule has 0 unspecified atom stereocenters. The second-order valence-corrected chi connectivity index (χ2v) is 7.87. The molecule has 140 valence electrons. The summed E-state index contributed by atoms with van der Waals surface area (Å²) in [5.41, 5.74) is 0.